The number of aromatic amines is 1. The van der Waals surface area contributed by atoms with Gasteiger partial charge in [-0.1, -0.05) is 12.1 Å². The summed E-state index contributed by atoms with van der Waals surface area (Å²) in [5, 5.41) is 3.18. The van der Waals surface area contributed by atoms with Crippen LogP contribution in [0.15, 0.2) is 35.2 Å². The molecule has 0 atom stereocenters. The predicted molar refractivity (Wildman–Crippen MR) is 75.5 cm³/mol. The first kappa shape index (κ1) is 12.3. The largest absolute Gasteiger partial charge is 0.358 e. The number of aryl methyl sites for hydroxylation is 1. The summed E-state index contributed by atoms with van der Waals surface area (Å²) in [4.78, 5) is 4.74. The van der Waals surface area contributed by atoms with E-state index in [-0.39, 0.29) is 0 Å². The van der Waals surface area contributed by atoms with Gasteiger partial charge in [-0.05, 0) is 49.6 Å². The van der Waals surface area contributed by atoms with Crippen LogP contribution in [0.1, 0.15) is 11.3 Å². The van der Waals surface area contributed by atoms with Crippen molar-refractivity contribution in [3.8, 4) is 11.3 Å². The summed E-state index contributed by atoms with van der Waals surface area (Å²) >= 11 is 1.77. The molecule has 0 bridgehead atoms. The van der Waals surface area contributed by atoms with Gasteiger partial charge in [-0.3, -0.25) is 0 Å². The van der Waals surface area contributed by atoms with Gasteiger partial charge in [0.15, 0.2) is 0 Å². The molecule has 0 spiro atoms. The van der Waals surface area contributed by atoms with Crippen LogP contribution in [0.4, 0.5) is 0 Å². The molecule has 3 heteroatoms. The molecular weight excluding hydrogens is 228 g/mol. The average Bonchev–Trinajstić information content (AvgIpc) is 2.72. The lowest BCUT2D eigenvalue weighted by molar-refractivity contribution is 0.812. The lowest BCUT2D eigenvalue weighted by Crippen LogP contribution is -2.04. The van der Waals surface area contributed by atoms with E-state index in [1.54, 1.807) is 11.8 Å². The molecule has 1 heterocycles. The zero-order chi connectivity index (χ0) is 12.3. The van der Waals surface area contributed by atoms with Crippen molar-refractivity contribution in [3.05, 3.63) is 41.6 Å². The van der Waals surface area contributed by atoms with Gasteiger partial charge in [0.2, 0.25) is 0 Å². The zero-order valence-corrected chi connectivity index (χ0v) is 11.3. The van der Waals surface area contributed by atoms with E-state index in [4.69, 9.17) is 0 Å². The maximum atomic E-state index is 3.44. The number of nitrogens with one attached hydrogen (secondary N) is 2. The molecule has 1 aromatic carbocycles. The molecule has 0 saturated carbocycles. The van der Waals surface area contributed by atoms with Gasteiger partial charge in [-0.15, -0.1) is 11.8 Å². The highest BCUT2D eigenvalue weighted by molar-refractivity contribution is 7.98. The number of thioether (sulfide) groups is 1. The van der Waals surface area contributed by atoms with Crippen LogP contribution in [0.2, 0.25) is 0 Å². The van der Waals surface area contributed by atoms with Crippen molar-refractivity contribution < 1.29 is 0 Å². The Balaban J connectivity index is 2.29. The first-order valence-electron chi connectivity index (χ1n) is 5.72. The molecule has 0 fully saturated rings. The molecule has 0 aliphatic carbocycles. The van der Waals surface area contributed by atoms with Gasteiger partial charge >= 0.3 is 0 Å². The summed E-state index contributed by atoms with van der Waals surface area (Å²) in [6.07, 6.45) is 2.10. The summed E-state index contributed by atoms with van der Waals surface area (Å²) < 4.78 is 0. The number of H-pyrrole nitrogens is 1. The van der Waals surface area contributed by atoms with E-state index in [0.717, 1.165) is 6.54 Å². The van der Waals surface area contributed by atoms with E-state index in [1.165, 1.54) is 27.4 Å². The van der Waals surface area contributed by atoms with Crippen molar-refractivity contribution in [1.82, 2.24) is 10.3 Å². The van der Waals surface area contributed by atoms with Crippen molar-refractivity contribution in [3.63, 3.8) is 0 Å². The summed E-state index contributed by atoms with van der Waals surface area (Å²) in [6.45, 7) is 3.03. The summed E-state index contributed by atoms with van der Waals surface area (Å²) in [7, 11) is 1.97. The minimum Gasteiger partial charge on any atom is -0.358 e. The topological polar surface area (TPSA) is 27.8 Å². The fourth-order valence-electron chi connectivity index (χ4n) is 1.90. The Morgan fingerprint density at radius 2 is 1.94 bits per heavy atom. The lowest BCUT2D eigenvalue weighted by atomic mass is 10.1. The van der Waals surface area contributed by atoms with E-state index in [2.05, 4.69) is 53.8 Å². The Morgan fingerprint density at radius 1 is 1.24 bits per heavy atom. The van der Waals surface area contributed by atoms with Crippen LogP contribution in [0.5, 0.6) is 0 Å². The molecule has 2 rings (SSSR count). The van der Waals surface area contributed by atoms with Gasteiger partial charge in [0.25, 0.3) is 0 Å². The van der Waals surface area contributed by atoms with E-state index in [9.17, 15) is 0 Å². The number of hydrogen-bond acceptors (Lipinski definition) is 2. The van der Waals surface area contributed by atoms with Gasteiger partial charge in [0.1, 0.15) is 0 Å². The van der Waals surface area contributed by atoms with Gasteiger partial charge in [0.05, 0.1) is 0 Å². The van der Waals surface area contributed by atoms with Crippen LogP contribution in [0, 0.1) is 6.92 Å². The number of benzene rings is 1. The van der Waals surface area contributed by atoms with Crippen molar-refractivity contribution in [2.24, 2.45) is 0 Å². The van der Waals surface area contributed by atoms with Crippen LogP contribution in [-0.2, 0) is 6.54 Å². The van der Waals surface area contributed by atoms with E-state index in [0.29, 0.717) is 0 Å². The molecular formula is C14H18N2S. The van der Waals surface area contributed by atoms with Crippen LogP contribution in [-0.4, -0.2) is 18.3 Å². The Kier molecular flexibility index (Phi) is 3.92. The van der Waals surface area contributed by atoms with Crippen LogP contribution < -0.4 is 5.32 Å². The molecule has 0 amide bonds. The van der Waals surface area contributed by atoms with Gasteiger partial charge in [0, 0.05) is 22.8 Å². The molecule has 0 aliphatic heterocycles. The normalized spacial score (nSPS) is 10.8. The van der Waals surface area contributed by atoms with Crippen molar-refractivity contribution in [2.75, 3.05) is 13.3 Å². The predicted octanol–water partition coefficient (Wildman–Crippen LogP) is 3.43. The second-order valence-corrected chi connectivity index (χ2v) is 4.97. The van der Waals surface area contributed by atoms with Gasteiger partial charge in [-0.2, -0.15) is 0 Å². The fourth-order valence-corrected chi connectivity index (χ4v) is 2.31. The van der Waals surface area contributed by atoms with Crippen molar-refractivity contribution in [1.29, 1.82) is 0 Å². The Bertz CT molecular complexity index is 485. The SMILES string of the molecule is CNCc1cc(-c2ccc(SC)cc2)[nH]c1C. The fraction of sp³-hybridized carbons (Fsp3) is 0.286. The second kappa shape index (κ2) is 5.43. The van der Waals surface area contributed by atoms with Crippen molar-refractivity contribution in [2.45, 2.75) is 18.4 Å². The molecule has 2 N–H and O–H groups in total. The zero-order valence-electron chi connectivity index (χ0n) is 10.5. The molecule has 2 nitrogen and oxygen atoms in total. The third-order valence-electron chi connectivity index (χ3n) is 2.89. The van der Waals surface area contributed by atoms with Gasteiger partial charge in [-0.25, -0.2) is 0 Å². The van der Waals surface area contributed by atoms with Crippen LogP contribution in [0.25, 0.3) is 11.3 Å². The van der Waals surface area contributed by atoms with Crippen LogP contribution in [0.3, 0.4) is 0 Å². The van der Waals surface area contributed by atoms with E-state index in [1.807, 2.05) is 7.05 Å². The number of aromatic nitrogens is 1. The Morgan fingerprint density at radius 3 is 2.53 bits per heavy atom. The monoisotopic (exact) mass is 246 g/mol. The highest BCUT2D eigenvalue weighted by atomic mass is 32.2. The molecule has 2 aromatic rings. The molecule has 0 unspecified atom stereocenters. The maximum Gasteiger partial charge on any atom is 0.0459 e. The molecule has 0 radical (unpaired) electrons. The van der Waals surface area contributed by atoms with Crippen molar-refractivity contribution >= 4 is 11.8 Å². The van der Waals surface area contributed by atoms with E-state index >= 15 is 0 Å². The highest BCUT2D eigenvalue weighted by Crippen LogP contribution is 2.24. The third-order valence-corrected chi connectivity index (χ3v) is 3.63. The average molecular weight is 246 g/mol. The maximum absolute atomic E-state index is 3.44. The first-order valence-corrected chi connectivity index (χ1v) is 6.94. The summed E-state index contributed by atoms with van der Waals surface area (Å²) in [5.41, 5.74) is 5.01. The third kappa shape index (κ3) is 2.73. The highest BCUT2D eigenvalue weighted by Gasteiger charge is 2.05. The van der Waals surface area contributed by atoms with Crippen LogP contribution >= 0.6 is 11.8 Å². The Hall–Kier alpha value is -1.19. The van der Waals surface area contributed by atoms with E-state index < -0.39 is 0 Å². The van der Waals surface area contributed by atoms with Gasteiger partial charge < -0.3 is 10.3 Å². The lowest BCUT2D eigenvalue weighted by Gasteiger charge is -1.99. The summed E-state index contributed by atoms with van der Waals surface area (Å²) in [6, 6.07) is 10.9. The smallest absolute Gasteiger partial charge is 0.0459 e. The summed E-state index contributed by atoms with van der Waals surface area (Å²) in [5.74, 6) is 0. The standard InChI is InChI=1S/C14H18N2S/c1-10-12(9-15-2)8-14(16-10)11-4-6-13(17-3)7-5-11/h4-8,15-16H,9H2,1-3H3. The quantitative estimate of drug-likeness (QED) is 0.809. The number of hydrogen-bond donors (Lipinski definition) is 2. The molecule has 90 valence electrons. The molecule has 1 aromatic heterocycles. The minimum atomic E-state index is 0.908. The number of rotatable bonds is 4. The molecule has 0 aliphatic rings. The second-order valence-electron chi connectivity index (χ2n) is 4.09. The molecule has 0 saturated heterocycles. The molecule has 17 heavy (non-hydrogen) atoms. The Labute approximate surface area is 107 Å². The minimum absolute atomic E-state index is 0.908. The first-order chi connectivity index (χ1) is 8.24.